The summed E-state index contributed by atoms with van der Waals surface area (Å²) in [5, 5.41) is 0. The van der Waals surface area contributed by atoms with Gasteiger partial charge in [0.2, 0.25) is 0 Å². The van der Waals surface area contributed by atoms with Gasteiger partial charge in [0.1, 0.15) is 11.5 Å². The Kier molecular flexibility index (Phi) is 2.37. The fraction of sp³-hybridized carbons (Fsp3) is 0.500. The number of hydrogen-bond donors (Lipinski definition) is 2. The van der Waals surface area contributed by atoms with Gasteiger partial charge in [0.05, 0.1) is 0 Å². The molecule has 1 rings (SSSR count). The molecule has 78 valence electrons. The van der Waals surface area contributed by atoms with E-state index in [1.165, 1.54) is 11.6 Å². The maximum atomic E-state index is 11.6. The van der Waals surface area contributed by atoms with E-state index in [0.717, 1.165) is 4.57 Å². The molecule has 4 N–H and O–H groups in total. The van der Waals surface area contributed by atoms with Gasteiger partial charge in [0, 0.05) is 13.1 Å². The fourth-order valence-electron chi connectivity index (χ4n) is 1.27. The van der Waals surface area contributed by atoms with Crippen LogP contribution >= 0.6 is 0 Å². The lowest BCUT2D eigenvalue weighted by Gasteiger charge is -2.15. The van der Waals surface area contributed by atoms with Crippen LogP contribution in [0.5, 0.6) is 0 Å². The largest absolute Gasteiger partial charge is 0.391 e. The van der Waals surface area contributed by atoms with Crippen molar-refractivity contribution < 1.29 is 0 Å². The van der Waals surface area contributed by atoms with Crippen LogP contribution in [-0.2, 0) is 7.05 Å². The van der Waals surface area contributed by atoms with Crippen molar-refractivity contribution in [1.29, 1.82) is 0 Å². The van der Waals surface area contributed by atoms with Gasteiger partial charge in [-0.15, -0.1) is 0 Å². The molecule has 0 atom stereocenters. The summed E-state index contributed by atoms with van der Waals surface area (Å²) in [5.41, 5.74) is 9.97. The molecule has 1 aromatic heterocycles. The lowest BCUT2D eigenvalue weighted by Crippen LogP contribution is -2.41. The van der Waals surface area contributed by atoms with Crippen molar-refractivity contribution in [1.82, 2.24) is 9.13 Å². The molecule has 1 aromatic rings. The molecule has 0 saturated heterocycles. The molecule has 0 radical (unpaired) electrons. The average Bonchev–Trinajstić information content (AvgIpc) is 2.11. The molecule has 0 saturated carbocycles. The van der Waals surface area contributed by atoms with Crippen molar-refractivity contribution >= 4 is 11.5 Å². The van der Waals surface area contributed by atoms with E-state index in [1.807, 2.05) is 0 Å². The first-order chi connectivity index (χ1) is 6.37. The topological polar surface area (TPSA) is 96.0 Å². The van der Waals surface area contributed by atoms with Gasteiger partial charge in [-0.2, -0.15) is 0 Å². The van der Waals surface area contributed by atoms with Crippen molar-refractivity contribution in [2.24, 2.45) is 7.05 Å². The van der Waals surface area contributed by atoms with E-state index in [1.54, 1.807) is 13.8 Å². The lowest BCUT2D eigenvalue weighted by molar-refractivity contribution is 0.543. The van der Waals surface area contributed by atoms with E-state index < -0.39 is 11.2 Å². The van der Waals surface area contributed by atoms with Crippen LogP contribution in [0, 0.1) is 0 Å². The second-order valence-electron chi connectivity index (χ2n) is 3.41. The van der Waals surface area contributed by atoms with Crippen LogP contribution in [0.2, 0.25) is 0 Å². The Hall–Kier alpha value is -1.72. The van der Waals surface area contributed by atoms with Crippen molar-refractivity contribution in [3.8, 4) is 0 Å². The van der Waals surface area contributed by atoms with E-state index in [9.17, 15) is 9.59 Å². The van der Waals surface area contributed by atoms with Crippen molar-refractivity contribution in [3.63, 3.8) is 0 Å². The molecule has 1 heterocycles. The van der Waals surface area contributed by atoms with Crippen LogP contribution in [0.25, 0.3) is 0 Å². The summed E-state index contributed by atoms with van der Waals surface area (Å²) < 4.78 is 2.24. The SMILES string of the molecule is CC(C)n1c(N)c(N)c(=O)n(C)c1=O. The molecule has 0 fully saturated rings. The van der Waals surface area contributed by atoms with Crippen LogP contribution in [-0.4, -0.2) is 9.13 Å². The Morgan fingerprint density at radius 1 is 1.21 bits per heavy atom. The highest BCUT2D eigenvalue weighted by Gasteiger charge is 2.13. The number of nitrogens with two attached hydrogens (primary N) is 2. The van der Waals surface area contributed by atoms with Gasteiger partial charge in [-0.25, -0.2) is 4.79 Å². The van der Waals surface area contributed by atoms with Crippen molar-refractivity contribution in [2.75, 3.05) is 11.5 Å². The monoisotopic (exact) mass is 198 g/mol. The lowest BCUT2D eigenvalue weighted by atomic mass is 10.3. The molecule has 0 spiro atoms. The number of nitrogens with zero attached hydrogens (tertiary/aromatic N) is 2. The maximum absolute atomic E-state index is 11.6. The maximum Gasteiger partial charge on any atom is 0.332 e. The summed E-state index contributed by atoms with van der Waals surface area (Å²) >= 11 is 0. The minimum atomic E-state index is -0.551. The summed E-state index contributed by atoms with van der Waals surface area (Å²) in [5.74, 6) is 0.0353. The molecule has 0 aliphatic rings. The second-order valence-corrected chi connectivity index (χ2v) is 3.41. The second kappa shape index (κ2) is 3.21. The van der Waals surface area contributed by atoms with E-state index in [2.05, 4.69) is 0 Å². The summed E-state index contributed by atoms with van der Waals surface area (Å²) in [7, 11) is 1.37. The minimum absolute atomic E-state index is 0.0353. The van der Waals surface area contributed by atoms with Crippen LogP contribution in [0.4, 0.5) is 11.5 Å². The summed E-state index contributed by atoms with van der Waals surface area (Å²) in [6.07, 6.45) is 0. The van der Waals surface area contributed by atoms with E-state index in [4.69, 9.17) is 11.5 Å². The normalized spacial score (nSPS) is 10.9. The van der Waals surface area contributed by atoms with Crippen molar-refractivity contribution in [3.05, 3.63) is 20.8 Å². The first kappa shape index (κ1) is 10.4. The molecular weight excluding hydrogens is 184 g/mol. The van der Waals surface area contributed by atoms with Crippen LogP contribution < -0.4 is 22.7 Å². The molecule has 0 amide bonds. The Bertz CT molecular complexity index is 469. The quantitative estimate of drug-likeness (QED) is 0.623. The zero-order valence-electron chi connectivity index (χ0n) is 8.44. The van der Waals surface area contributed by atoms with Crippen molar-refractivity contribution in [2.45, 2.75) is 19.9 Å². The van der Waals surface area contributed by atoms with Gasteiger partial charge in [-0.3, -0.25) is 13.9 Å². The fourth-order valence-corrected chi connectivity index (χ4v) is 1.27. The van der Waals surface area contributed by atoms with E-state index in [-0.39, 0.29) is 17.5 Å². The number of hydrogen-bond acceptors (Lipinski definition) is 4. The molecule has 14 heavy (non-hydrogen) atoms. The number of rotatable bonds is 1. The first-order valence-corrected chi connectivity index (χ1v) is 4.24. The summed E-state index contributed by atoms with van der Waals surface area (Å²) in [6, 6.07) is -0.128. The molecule has 0 aromatic carbocycles. The summed E-state index contributed by atoms with van der Waals surface area (Å²) in [4.78, 5) is 22.9. The highest BCUT2D eigenvalue weighted by Crippen LogP contribution is 2.11. The van der Waals surface area contributed by atoms with Gasteiger partial charge >= 0.3 is 5.69 Å². The molecule has 6 heteroatoms. The highest BCUT2D eigenvalue weighted by atomic mass is 16.2. The van der Waals surface area contributed by atoms with Gasteiger partial charge in [0.25, 0.3) is 5.56 Å². The smallest absolute Gasteiger partial charge is 0.332 e. The third kappa shape index (κ3) is 1.28. The number of anilines is 2. The first-order valence-electron chi connectivity index (χ1n) is 4.24. The molecule has 6 nitrogen and oxygen atoms in total. The average molecular weight is 198 g/mol. The Morgan fingerprint density at radius 2 is 1.71 bits per heavy atom. The minimum Gasteiger partial charge on any atom is -0.391 e. The van der Waals surface area contributed by atoms with Crippen LogP contribution in [0.3, 0.4) is 0 Å². The molecule has 0 aliphatic heterocycles. The summed E-state index contributed by atoms with van der Waals surface area (Å²) in [6.45, 7) is 3.59. The molecule has 0 unspecified atom stereocenters. The van der Waals surface area contributed by atoms with Gasteiger partial charge in [-0.05, 0) is 13.8 Å². The Balaban J connectivity index is 3.79. The third-order valence-electron chi connectivity index (χ3n) is 2.08. The highest BCUT2D eigenvalue weighted by molar-refractivity contribution is 5.56. The van der Waals surface area contributed by atoms with Crippen LogP contribution in [0.15, 0.2) is 9.59 Å². The molecular formula is C8H14N4O2. The molecule has 0 bridgehead atoms. The number of nitrogen functional groups attached to an aromatic ring is 2. The third-order valence-corrected chi connectivity index (χ3v) is 2.08. The Morgan fingerprint density at radius 3 is 2.14 bits per heavy atom. The number of aromatic nitrogens is 2. The Labute approximate surface area is 80.8 Å². The predicted octanol–water partition coefficient (Wildman–Crippen LogP) is -0.708. The van der Waals surface area contributed by atoms with E-state index in [0.29, 0.717) is 0 Å². The van der Waals surface area contributed by atoms with Gasteiger partial charge in [-0.1, -0.05) is 0 Å². The predicted molar refractivity (Wildman–Crippen MR) is 55.2 cm³/mol. The van der Waals surface area contributed by atoms with Crippen LogP contribution in [0.1, 0.15) is 19.9 Å². The van der Waals surface area contributed by atoms with E-state index >= 15 is 0 Å². The van der Waals surface area contributed by atoms with Gasteiger partial charge < -0.3 is 11.5 Å². The zero-order valence-corrected chi connectivity index (χ0v) is 8.44. The zero-order chi connectivity index (χ0) is 11.0. The van der Waals surface area contributed by atoms with Gasteiger partial charge in [0.15, 0.2) is 0 Å². The standard InChI is InChI=1S/C8H14N4O2/c1-4(2)12-6(10)5(9)7(13)11(3)8(12)14/h4H,9-10H2,1-3H3. The molecule has 0 aliphatic carbocycles.